The van der Waals surface area contributed by atoms with E-state index in [4.69, 9.17) is 37.9 Å². The van der Waals surface area contributed by atoms with Gasteiger partial charge in [-0.3, -0.25) is 15.0 Å². The third kappa shape index (κ3) is 27.7. The van der Waals surface area contributed by atoms with Crippen molar-refractivity contribution in [2.24, 2.45) is 0 Å². The summed E-state index contributed by atoms with van der Waals surface area (Å²) in [6.45, 7) is 0. The normalized spacial score (nSPS) is 9.57. The molecule has 15 heteroatoms. The molecule has 3 heterocycles. The maximum atomic E-state index is 4.77. The summed E-state index contributed by atoms with van der Waals surface area (Å²) >= 11 is 21.0. The molecule has 12 rings (SSSR count). The second kappa shape index (κ2) is 46.5. The number of aromatic nitrogens is 3. The Bertz CT molecular complexity index is 2780. The zero-order valence-electron chi connectivity index (χ0n) is 44.9. The Morgan fingerprint density at radius 1 is 0.190 bits per heavy atom. The van der Waals surface area contributed by atoms with E-state index >= 15 is 0 Å². The van der Waals surface area contributed by atoms with Crippen molar-refractivity contribution < 1.29 is 54.5 Å². The van der Waals surface area contributed by atoms with Crippen molar-refractivity contribution in [2.45, 2.75) is 14.7 Å². The van der Waals surface area contributed by atoms with Gasteiger partial charge in [0, 0.05) is 37.2 Å². The van der Waals surface area contributed by atoms with E-state index in [1.807, 2.05) is 0 Å². The van der Waals surface area contributed by atoms with Crippen LogP contribution in [0.4, 0.5) is 0 Å². The first-order chi connectivity index (χ1) is 41.5. The van der Waals surface area contributed by atoms with Crippen LogP contribution in [0.25, 0.3) is 0 Å². The number of pyridine rings is 3. The van der Waals surface area contributed by atoms with Gasteiger partial charge in [0.05, 0.1) is 0 Å². The Balaban J connectivity index is 0.000000222. The molecule has 3 aromatic heterocycles. The van der Waals surface area contributed by atoms with Gasteiger partial charge in [-0.15, -0.1) is 0 Å². The van der Waals surface area contributed by atoms with E-state index in [2.05, 4.69) is 371 Å². The molecule has 432 valence electrons. The van der Waals surface area contributed by atoms with E-state index in [1.54, 1.807) is 73.6 Å². The Kier molecular flexibility index (Phi) is 39.7. The maximum Gasteiger partial charge on any atom is 0.0252 e. The van der Waals surface area contributed by atoms with Crippen molar-refractivity contribution in [3.8, 4) is 0 Å². The van der Waals surface area contributed by atoms with Crippen LogP contribution in [-0.2, 0) is 92.4 Å². The van der Waals surface area contributed by atoms with Gasteiger partial charge in [-0.05, 0) is 71.5 Å². The van der Waals surface area contributed by atoms with Crippen LogP contribution in [0.15, 0.2) is 361 Å². The quantitative estimate of drug-likeness (QED) is 0.0815. The molecule has 0 bridgehead atoms. The van der Waals surface area contributed by atoms with Gasteiger partial charge in [0.1, 0.15) is 0 Å². The SMILES string of the molecule is [Cl][Pd+].[Cl][Pd+].[Cl][Pd+].[S-]c1ccncc1.[S-]c1ccncc1.[S-]c1ccncc1.c1ccc(P(c2ccccc2)c2ccccc2)cc1.c1ccc(P(c2ccccc2)c2ccccc2)cc1.c1ccc(P(c2ccccc2)c2ccccc2)cc1. The molecule has 0 unspecified atom stereocenters. The topological polar surface area (TPSA) is 38.7 Å². The van der Waals surface area contributed by atoms with Crippen LogP contribution >= 0.6 is 52.4 Å². The molecule has 0 aliphatic carbocycles. The second-order valence-corrected chi connectivity index (χ2v) is 24.6. The first-order valence-electron chi connectivity index (χ1n) is 25.5. The molecule has 0 amide bonds. The van der Waals surface area contributed by atoms with E-state index in [-0.39, 0.29) is 0 Å². The number of benzene rings is 9. The van der Waals surface area contributed by atoms with E-state index in [0.717, 1.165) is 14.7 Å². The van der Waals surface area contributed by atoms with Crippen LogP contribution in [0.5, 0.6) is 0 Å². The van der Waals surface area contributed by atoms with Crippen LogP contribution in [0.2, 0.25) is 0 Å². The fourth-order valence-corrected chi connectivity index (χ4v) is 14.8. The molecule has 12 aromatic rings. The van der Waals surface area contributed by atoms with E-state index < -0.39 is 23.8 Å². The number of halogens is 3. The van der Waals surface area contributed by atoms with E-state index in [1.165, 1.54) is 47.7 Å². The molecule has 0 fully saturated rings. The minimum absolute atomic E-state index is 0.446. The van der Waals surface area contributed by atoms with Gasteiger partial charge < -0.3 is 37.9 Å². The van der Waals surface area contributed by atoms with Crippen LogP contribution < -0.4 is 47.7 Å². The predicted molar refractivity (Wildman–Crippen MR) is 363 cm³/mol. The number of hydrogen-bond acceptors (Lipinski definition) is 6. The zero-order chi connectivity index (χ0) is 60.1. The van der Waals surface area contributed by atoms with Crippen LogP contribution in [0.3, 0.4) is 0 Å². The Labute approximate surface area is 562 Å². The molecule has 3 nitrogen and oxygen atoms in total. The molecule has 0 aliphatic heterocycles. The maximum absolute atomic E-state index is 4.77. The summed E-state index contributed by atoms with van der Waals surface area (Å²) < 4.78 is 0. The summed E-state index contributed by atoms with van der Waals surface area (Å²) in [6, 6.07) is 108. The van der Waals surface area contributed by atoms with Gasteiger partial charge >= 0.3 is 83.1 Å². The van der Waals surface area contributed by atoms with Crippen molar-refractivity contribution in [2.75, 3.05) is 0 Å². The average molecular weight is 1540 g/mol. The van der Waals surface area contributed by atoms with E-state index in [0.29, 0.717) is 0 Å². The minimum atomic E-state index is -0.446. The summed E-state index contributed by atoms with van der Waals surface area (Å²) in [5, 5.41) is 12.6. The largest absolute Gasteiger partial charge is 0.780 e. The monoisotopic (exact) mass is 1540 g/mol. The first kappa shape index (κ1) is 71.7. The Hall–Kier alpha value is -4.76. The molecule has 0 N–H and O–H groups in total. The number of rotatable bonds is 9. The summed E-state index contributed by atoms with van der Waals surface area (Å²) in [6.07, 6.45) is 10.1. The molecule has 0 spiro atoms. The van der Waals surface area contributed by atoms with Crippen molar-refractivity contribution in [3.05, 3.63) is 347 Å². The Morgan fingerprint density at radius 3 is 0.381 bits per heavy atom. The van der Waals surface area contributed by atoms with E-state index in [9.17, 15) is 0 Å². The molecule has 0 aliphatic rings. The van der Waals surface area contributed by atoms with Gasteiger partial charge in [-0.2, -0.15) is 14.7 Å². The third-order valence-electron chi connectivity index (χ3n) is 11.1. The molecular formula is C69H57Cl3N3P3Pd3S3. The van der Waals surface area contributed by atoms with Crippen LogP contribution in [-0.4, -0.2) is 15.0 Å². The predicted octanol–water partition coefficient (Wildman–Crippen LogP) is 15.4. The van der Waals surface area contributed by atoms with Gasteiger partial charge in [0.25, 0.3) is 0 Å². The van der Waals surface area contributed by atoms with Crippen LogP contribution in [0.1, 0.15) is 0 Å². The third-order valence-corrected chi connectivity index (χ3v) is 19.2. The molecule has 84 heavy (non-hydrogen) atoms. The molecule has 0 saturated carbocycles. The molecule has 0 radical (unpaired) electrons. The van der Waals surface area contributed by atoms with Gasteiger partial charge in [-0.1, -0.05) is 309 Å². The molecule has 0 saturated heterocycles. The van der Waals surface area contributed by atoms with Gasteiger partial charge in [0.2, 0.25) is 0 Å². The van der Waals surface area contributed by atoms with Crippen molar-refractivity contribution >= 4 is 138 Å². The first-order valence-corrected chi connectivity index (χ1v) is 36.7. The number of hydrogen-bond donors (Lipinski definition) is 0. The van der Waals surface area contributed by atoms with Gasteiger partial charge in [0.15, 0.2) is 0 Å². The second-order valence-electron chi connectivity index (χ2n) is 16.6. The van der Waals surface area contributed by atoms with Crippen molar-refractivity contribution in [1.82, 2.24) is 15.0 Å². The molecule has 0 atom stereocenters. The van der Waals surface area contributed by atoms with Crippen LogP contribution in [0, 0.1) is 0 Å². The zero-order valence-corrected chi connectivity index (χ0v) is 57.0. The molecule has 9 aromatic carbocycles. The van der Waals surface area contributed by atoms with Crippen molar-refractivity contribution in [3.63, 3.8) is 0 Å². The summed E-state index contributed by atoms with van der Waals surface area (Å²) in [7, 11) is 12.1. The summed E-state index contributed by atoms with van der Waals surface area (Å²) in [4.78, 5) is 13.9. The standard InChI is InChI=1S/3C18H15P.3C5H5NS.3ClH.3Pd/c3*1-4-10-16(11-5-1)19(17-12-6-2-7-13-17)18-14-8-3-9-15-18;3*7-5-1-3-6-4-2-5;;;;;;/h3*1-15H;3*1-4H,(H,6,7);3*1H;;;/q;;;;;;;;;3*+2/p-6. The molecular weight excluding hydrogens is 1490 g/mol. The summed E-state index contributed by atoms with van der Waals surface area (Å²) in [5.74, 6) is 0. The minimum Gasteiger partial charge on any atom is -0.780 e. The Morgan fingerprint density at radius 2 is 0.298 bits per heavy atom. The average Bonchev–Trinajstić information content (AvgIpc) is 3.78. The summed E-state index contributed by atoms with van der Waals surface area (Å²) in [5.41, 5.74) is 0. The number of nitrogens with zero attached hydrogens (tertiary/aromatic N) is 3. The van der Waals surface area contributed by atoms with Gasteiger partial charge in [-0.25, -0.2) is 0 Å². The fraction of sp³-hybridized carbons (Fsp3) is 0. The smallest absolute Gasteiger partial charge is 0.0252 e. The van der Waals surface area contributed by atoms with Crippen molar-refractivity contribution in [1.29, 1.82) is 0 Å². The fourth-order valence-electron chi connectivity index (χ4n) is 7.55.